The molecule has 5 rings (SSSR count). The summed E-state index contributed by atoms with van der Waals surface area (Å²) in [6, 6.07) is 14.7. The molecule has 1 aliphatic heterocycles. The average Bonchev–Trinajstić information content (AvgIpc) is 3.45. The van der Waals surface area contributed by atoms with E-state index in [2.05, 4.69) is 17.2 Å². The van der Waals surface area contributed by atoms with E-state index in [0.29, 0.717) is 33.7 Å². The van der Waals surface area contributed by atoms with E-state index in [1.165, 1.54) is 4.90 Å². The van der Waals surface area contributed by atoms with E-state index in [1.54, 1.807) is 54.7 Å². The van der Waals surface area contributed by atoms with Gasteiger partial charge in [-0.2, -0.15) is 0 Å². The van der Waals surface area contributed by atoms with Gasteiger partial charge in [-0.3, -0.25) is 9.59 Å². The minimum absolute atomic E-state index is 0.00702. The highest BCUT2D eigenvalue weighted by Gasteiger charge is 2.52. The average molecular weight is 687 g/mol. The zero-order valence-electron chi connectivity index (χ0n) is 29.7. The highest BCUT2D eigenvalue weighted by Crippen LogP contribution is 2.38. The molecule has 12 nitrogen and oxygen atoms in total. The second kappa shape index (κ2) is 13.6. The maximum absolute atomic E-state index is 14.4. The van der Waals surface area contributed by atoms with Crippen LogP contribution >= 0.6 is 0 Å². The van der Waals surface area contributed by atoms with Gasteiger partial charge >= 0.3 is 12.1 Å². The Morgan fingerprint density at radius 2 is 1.70 bits per heavy atom. The third-order valence-corrected chi connectivity index (χ3v) is 8.84. The molecule has 50 heavy (non-hydrogen) atoms. The van der Waals surface area contributed by atoms with E-state index in [-0.39, 0.29) is 25.8 Å². The molecular formula is C38H46N4O8. The van der Waals surface area contributed by atoms with Gasteiger partial charge in [0, 0.05) is 42.3 Å². The number of carboxylic acid groups (broad SMARTS) is 1. The Morgan fingerprint density at radius 3 is 2.28 bits per heavy atom. The Balaban J connectivity index is 1.51. The lowest BCUT2D eigenvalue weighted by atomic mass is 9.73. The summed E-state index contributed by atoms with van der Waals surface area (Å²) in [5, 5.41) is 16.2. The minimum Gasteiger partial charge on any atom is -0.497 e. The number of methoxy groups -OCH3 is 1. The highest BCUT2D eigenvalue weighted by molar-refractivity contribution is 5.96. The Bertz CT molecular complexity index is 1800. The smallest absolute Gasteiger partial charge is 0.408 e. The van der Waals surface area contributed by atoms with Crippen LogP contribution in [0.1, 0.15) is 60.8 Å². The molecule has 0 bridgehead atoms. The number of nitrogens with zero attached hydrogens (tertiary/aromatic N) is 2. The first-order valence-corrected chi connectivity index (χ1v) is 16.6. The van der Waals surface area contributed by atoms with E-state index in [1.807, 2.05) is 48.5 Å². The molecule has 2 fully saturated rings. The number of fused-ring (bicyclic) bond motifs is 1. The van der Waals surface area contributed by atoms with Gasteiger partial charge < -0.3 is 34.9 Å². The number of carbonyl (C=O) groups is 4. The Labute approximate surface area is 292 Å². The van der Waals surface area contributed by atoms with Gasteiger partial charge in [-0.05, 0) is 38.3 Å². The van der Waals surface area contributed by atoms with Gasteiger partial charge in [-0.15, -0.1) is 0 Å². The van der Waals surface area contributed by atoms with Gasteiger partial charge in [0.1, 0.15) is 40.8 Å². The Morgan fingerprint density at radius 1 is 1.02 bits per heavy atom. The SMILES string of the molecule is C=C1CC(NC(=O)[C@@H]2C[C@@H](Oc3cc(-c4ccccc4)nc4cc(OC)ccc34)CN2C(=O)[C@@H](NC(=O)OC(C)(C)C)C(C)(C)C)(C(=O)O)C1. The van der Waals surface area contributed by atoms with Crippen molar-refractivity contribution in [3.63, 3.8) is 0 Å². The van der Waals surface area contributed by atoms with E-state index in [9.17, 15) is 24.3 Å². The van der Waals surface area contributed by atoms with Crippen LogP contribution in [-0.2, 0) is 19.1 Å². The molecule has 12 heteroatoms. The summed E-state index contributed by atoms with van der Waals surface area (Å²) in [7, 11) is 1.57. The maximum atomic E-state index is 14.4. The number of aliphatic carboxylic acids is 1. The van der Waals surface area contributed by atoms with Crippen LogP contribution in [0.15, 0.2) is 66.7 Å². The largest absolute Gasteiger partial charge is 0.497 e. The molecule has 1 aliphatic carbocycles. The zero-order chi connectivity index (χ0) is 36.6. The van der Waals surface area contributed by atoms with E-state index in [0.717, 1.165) is 5.56 Å². The van der Waals surface area contributed by atoms with Crippen LogP contribution in [0.4, 0.5) is 4.79 Å². The van der Waals surface area contributed by atoms with Crippen LogP contribution < -0.4 is 20.1 Å². The molecular weight excluding hydrogens is 640 g/mol. The molecule has 3 aromatic rings. The van der Waals surface area contributed by atoms with E-state index in [4.69, 9.17) is 19.2 Å². The number of likely N-dealkylation sites (tertiary alicyclic amines) is 1. The molecule has 2 heterocycles. The number of hydrogen-bond acceptors (Lipinski definition) is 8. The van der Waals surface area contributed by atoms with Gasteiger partial charge in [0.25, 0.3) is 0 Å². The monoisotopic (exact) mass is 686 g/mol. The number of ether oxygens (including phenoxy) is 3. The molecule has 0 radical (unpaired) electrons. The number of alkyl carbamates (subject to hydrolysis) is 1. The van der Waals surface area contributed by atoms with Crippen LogP contribution in [0.3, 0.4) is 0 Å². The highest BCUT2D eigenvalue weighted by atomic mass is 16.6. The Kier molecular flexibility index (Phi) is 9.87. The summed E-state index contributed by atoms with van der Waals surface area (Å²) < 4.78 is 17.5. The van der Waals surface area contributed by atoms with Crippen LogP contribution in [-0.4, -0.2) is 81.8 Å². The number of amides is 3. The fourth-order valence-electron chi connectivity index (χ4n) is 6.37. The molecule has 2 aliphatic rings. The van der Waals surface area contributed by atoms with Crippen molar-refractivity contribution in [2.75, 3.05) is 13.7 Å². The molecule has 1 saturated carbocycles. The summed E-state index contributed by atoms with van der Waals surface area (Å²) in [6.07, 6.45) is -1.20. The lowest BCUT2D eigenvalue weighted by Crippen LogP contribution is -2.64. The van der Waals surface area contributed by atoms with Crippen molar-refractivity contribution >= 4 is 34.8 Å². The maximum Gasteiger partial charge on any atom is 0.408 e. The summed E-state index contributed by atoms with van der Waals surface area (Å²) in [5.41, 5.74) is -0.243. The number of benzene rings is 2. The van der Waals surface area contributed by atoms with Gasteiger partial charge in [-0.1, -0.05) is 63.3 Å². The first kappa shape index (κ1) is 36.2. The topological polar surface area (TPSA) is 156 Å². The molecule has 3 amide bonds. The number of aromatic nitrogens is 1. The van der Waals surface area contributed by atoms with Gasteiger partial charge in [0.15, 0.2) is 0 Å². The quantitative estimate of drug-likeness (QED) is 0.248. The van der Waals surface area contributed by atoms with Crippen molar-refractivity contribution in [1.29, 1.82) is 0 Å². The molecule has 0 spiro atoms. The first-order chi connectivity index (χ1) is 23.4. The molecule has 3 atom stereocenters. The van der Waals surface area contributed by atoms with Crippen molar-refractivity contribution < 1.29 is 38.5 Å². The van der Waals surface area contributed by atoms with Crippen LogP contribution in [0.5, 0.6) is 11.5 Å². The second-order valence-electron chi connectivity index (χ2n) is 15.2. The molecule has 266 valence electrons. The number of carboxylic acids is 1. The zero-order valence-corrected chi connectivity index (χ0v) is 29.7. The van der Waals surface area contributed by atoms with Crippen LogP contribution in [0.2, 0.25) is 0 Å². The number of rotatable bonds is 9. The fraction of sp³-hybridized carbons (Fsp3) is 0.447. The number of hydrogen-bond donors (Lipinski definition) is 3. The summed E-state index contributed by atoms with van der Waals surface area (Å²) in [4.78, 5) is 59.8. The first-order valence-electron chi connectivity index (χ1n) is 16.6. The summed E-state index contributed by atoms with van der Waals surface area (Å²) in [5.74, 6) is -1.21. The van der Waals surface area contributed by atoms with E-state index >= 15 is 0 Å². The molecule has 1 aromatic heterocycles. The summed E-state index contributed by atoms with van der Waals surface area (Å²) in [6.45, 7) is 14.4. The van der Waals surface area contributed by atoms with Gasteiger partial charge in [0.05, 0.1) is 24.9 Å². The fourth-order valence-corrected chi connectivity index (χ4v) is 6.37. The van der Waals surface area contributed by atoms with Gasteiger partial charge in [-0.25, -0.2) is 14.6 Å². The predicted molar refractivity (Wildman–Crippen MR) is 188 cm³/mol. The van der Waals surface area contributed by atoms with Crippen LogP contribution in [0, 0.1) is 5.41 Å². The second-order valence-corrected chi connectivity index (χ2v) is 15.2. The predicted octanol–water partition coefficient (Wildman–Crippen LogP) is 5.49. The molecule has 2 aromatic carbocycles. The Hall–Kier alpha value is -5.13. The lowest BCUT2D eigenvalue weighted by Gasteiger charge is -2.41. The van der Waals surface area contributed by atoms with Crippen molar-refractivity contribution in [2.45, 2.75) is 90.1 Å². The van der Waals surface area contributed by atoms with Crippen molar-refractivity contribution in [3.05, 3.63) is 66.7 Å². The standard InChI is InChI=1S/C38H46N4O8/c1-22-19-38(20-22,34(45)46)41-32(43)29-17-25(21-42(29)33(44)31(36(2,3)4)40-35(47)50-37(5,6)7)49-30-18-27(23-12-10-9-11-13-23)39-28-16-24(48-8)14-15-26(28)30/h9-16,18,25,29,31H,1,17,19-21H2,2-8H3,(H,40,47)(H,41,43)(H,45,46)/t25-,29+,31-/m1/s1. The number of nitrogens with one attached hydrogen (secondary N) is 2. The van der Waals surface area contributed by atoms with Crippen molar-refractivity contribution in [2.24, 2.45) is 5.41 Å². The van der Waals surface area contributed by atoms with Crippen molar-refractivity contribution in [3.8, 4) is 22.8 Å². The number of carbonyl (C=O) groups excluding carboxylic acids is 3. The molecule has 3 N–H and O–H groups in total. The minimum atomic E-state index is -1.51. The molecule has 1 saturated heterocycles. The van der Waals surface area contributed by atoms with E-state index < -0.39 is 58.6 Å². The van der Waals surface area contributed by atoms with Crippen LogP contribution in [0.25, 0.3) is 22.2 Å². The summed E-state index contributed by atoms with van der Waals surface area (Å²) >= 11 is 0. The lowest BCUT2D eigenvalue weighted by molar-refractivity contribution is -0.151. The molecule has 0 unspecified atom stereocenters. The third-order valence-electron chi connectivity index (χ3n) is 8.84. The third kappa shape index (κ3) is 7.85. The number of pyridine rings is 1. The van der Waals surface area contributed by atoms with Crippen molar-refractivity contribution in [1.82, 2.24) is 20.5 Å². The van der Waals surface area contributed by atoms with Gasteiger partial charge in [0.2, 0.25) is 11.8 Å². The normalized spacial score (nSPS) is 19.3.